The van der Waals surface area contributed by atoms with Crippen molar-refractivity contribution in [2.75, 3.05) is 0 Å². The molecule has 12 rings (SSSR count). The highest BCUT2D eigenvalue weighted by Gasteiger charge is 2.46. The summed E-state index contributed by atoms with van der Waals surface area (Å²) in [5.41, 5.74) is 17.1. The largest absolute Gasteiger partial charge is 0.0713 e. The maximum atomic E-state index is 2.50. The Morgan fingerprint density at radius 1 is 0.270 bits per heavy atom. The highest BCUT2D eigenvalue weighted by Crippen LogP contribution is 2.57. The Morgan fingerprint density at radius 2 is 0.730 bits per heavy atom. The summed E-state index contributed by atoms with van der Waals surface area (Å²) >= 11 is 0. The van der Waals surface area contributed by atoms with E-state index in [9.17, 15) is 0 Å². The summed E-state index contributed by atoms with van der Waals surface area (Å²) in [5, 5.41) is 7.52. The van der Waals surface area contributed by atoms with E-state index in [4.69, 9.17) is 0 Å². The lowest BCUT2D eigenvalue weighted by molar-refractivity contribution is 0.769. The van der Waals surface area contributed by atoms with Crippen molar-refractivity contribution in [3.8, 4) is 44.5 Å². The second kappa shape index (κ2) is 15.1. The van der Waals surface area contributed by atoms with Gasteiger partial charge in [0.25, 0.3) is 0 Å². The Hall–Kier alpha value is -8.06. The molecule has 0 spiro atoms. The fourth-order valence-corrected chi connectivity index (χ4v) is 10.6. The van der Waals surface area contributed by atoms with E-state index in [1.165, 1.54) is 110 Å². The zero-order valence-corrected chi connectivity index (χ0v) is 34.7. The molecule has 11 aromatic rings. The molecule has 1 aliphatic rings. The van der Waals surface area contributed by atoms with E-state index in [2.05, 4.69) is 255 Å². The van der Waals surface area contributed by atoms with Crippen LogP contribution in [0.4, 0.5) is 0 Å². The lowest BCUT2D eigenvalue weighted by Gasteiger charge is -2.34. The predicted octanol–water partition coefficient (Wildman–Crippen LogP) is 16.7. The zero-order valence-electron chi connectivity index (χ0n) is 34.7. The molecule has 0 nitrogen and oxygen atoms in total. The second-order valence-corrected chi connectivity index (χ2v) is 16.7. The van der Waals surface area contributed by atoms with Crippen LogP contribution in [-0.4, -0.2) is 0 Å². The molecule has 0 saturated heterocycles. The van der Waals surface area contributed by atoms with Crippen molar-refractivity contribution in [1.29, 1.82) is 0 Å². The van der Waals surface area contributed by atoms with Crippen molar-refractivity contribution in [1.82, 2.24) is 0 Å². The molecule has 294 valence electrons. The first kappa shape index (κ1) is 36.8. The summed E-state index contributed by atoms with van der Waals surface area (Å²) in [4.78, 5) is 0. The topological polar surface area (TPSA) is 0 Å². The van der Waals surface area contributed by atoms with Crippen LogP contribution >= 0.6 is 0 Å². The molecule has 0 atom stereocenters. The van der Waals surface area contributed by atoms with E-state index < -0.39 is 5.41 Å². The number of benzene rings is 11. The summed E-state index contributed by atoms with van der Waals surface area (Å²) in [5.74, 6) is 0. The van der Waals surface area contributed by atoms with Crippen LogP contribution in [-0.2, 0) is 5.41 Å². The van der Waals surface area contributed by atoms with E-state index in [0.29, 0.717) is 0 Å². The van der Waals surface area contributed by atoms with Gasteiger partial charge < -0.3 is 0 Å². The molecule has 0 saturated carbocycles. The van der Waals surface area contributed by atoms with Crippen LogP contribution in [0.3, 0.4) is 0 Å². The standard InChI is InChI=1S/C63H42/c1-4-18-44(19-5-1)51-40-38-45(50-24-10-11-25-52(50)51)35-32-43-33-36-46(37-34-43)61-55-27-12-14-29-57(55)62(58-30-15-13-28-56(58)61)47-39-41-54-53-26-16-17-31-59(53)63(60(54)42-47,48-20-6-2-7-21-48)49-22-8-3-9-23-49/h1-42H. The van der Waals surface area contributed by atoms with E-state index in [0.717, 1.165) is 0 Å². The van der Waals surface area contributed by atoms with Crippen molar-refractivity contribution >= 4 is 44.5 Å². The van der Waals surface area contributed by atoms with Gasteiger partial charge in [0.15, 0.2) is 0 Å². The van der Waals surface area contributed by atoms with Crippen LogP contribution in [0.15, 0.2) is 243 Å². The highest BCUT2D eigenvalue weighted by atomic mass is 14.5. The molecule has 11 aromatic carbocycles. The molecule has 0 radical (unpaired) electrons. The minimum absolute atomic E-state index is 0.467. The van der Waals surface area contributed by atoms with Crippen LogP contribution in [0.5, 0.6) is 0 Å². The van der Waals surface area contributed by atoms with Gasteiger partial charge in [-0.15, -0.1) is 0 Å². The minimum Gasteiger partial charge on any atom is -0.0622 e. The van der Waals surface area contributed by atoms with Crippen LogP contribution in [0.1, 0.15) is 33.4 Å². The summed E-state index contributed by atoms with van der Waals surface area (Å²) in [6.07, 6.45) is 4.50. The highest BCUT2D eigenvalue weighted by molar-refractivity contribution is 6.21. The summed E-state index contributed by atoms with van der Waals surface area (Å²) in [6, 6.07) is 89.4. The molecule has 0 amide bonds. The third kappa shape index (κ3) is 5.91. The van der Waals surface area contributed by atoms with E-state index in [1.54, 1.807) is 0 Å². The van der Waals surface area contributed by atoms with Crippen LogP contribution < -0.4 is 0 Å². The first-order valence-corrected chi connectivity index (χ1v) is 21.9. The molecule has 0 heteroatoms. The molecule has 0 aliphatic heterocycles. The molecule has 0 N–H and O–H groups in total. The number of hydrogen-bond donors (Lipinski definition) is 0. The number of fused-ring (bicyclic) bond motifs is 6. The molecule has 0 bridgehead atoms. The van der Waals surface area contributed by atoms with E-state index in [-0.39, 0.29) is 0 Å². The van der Waals surface area contributed by atoms with Crippen molar-refractivity contribution in [3.63, 3.8) is 0 Å². The fraction of sp³-hybridized carbons (Fsp3) is 0.0159. The summed E-state index contributed by atoms with van der Waals surface area (Å²) < 4.78 is 0. The smallest absolute Gasteiger partial charge is 0.0622 e. The van der Waals surface area contributed by atoms with Gasteiger partial charge in [-0.25, -0.2) is 0 Å². The number of rotatable bonds is 7. The number of hydrogen-bond acceptors (Lipinski definition) is 0. The van der Waals surface area contributed by atoms with E-state index in [1.807, 2.05) is 0 Å². The van der Waals surface area contributed by atoms with Crippen molar-refractivity contribution in [3.05, 3.63) is 276 Å². The van der Waals surface area contributed by atoms with Crippen LogP contribution in [0.2, 0.25) is 0 Å². The fourth-order valence-electron chi connectivity index (χ4n) is 10.6. The van der Waals surface area contributed by atoms with E-state index >= 15 is 0 Å². The maximum absolute atomic E-state index is 2.50. The average Bonchev–Trinajstić information content (AvgIpc) is 3.66. The Labute approximate surface area is 368 Å². The Bertz CT molecular complexity index is 3430. The van der Waals surface area contributed by atoms with Crippen LogP contribution in [0.25, 0.3) is 89.0 Å². The van der Waals surface area contributed by atoms with Crippen molar-refractivity contribution < 1.29 is 0 Å². The molecule has 0 fully saturated rings. The average molecular weight is 799 g/mol. The molecule has 1 aliphatic carbocycles. The monoisotopic (exact) mass is 798 g/mol. The first-order chi connectivity index (χ1) is 31.3. The van der Waals surface area contributed by atoms with Gasteiger partial charge in [0, 0.05) is 0 Å². The third-order valence-electron chi connectivity index (χ3n) is 13.4. The van der Waals surface area contributed by atoms with Gasteiger partial charge in [0.2, 0.25) is 0 Å². The lowest BCUT2D eigenvalue weighted by atomic mass is 9.67. The zero-order chi connectivity index (χ0) is 41.7. The van der Waals surface area contributed by atoms with Crippen molar-refractivity contribution in [2.45, 2.75) is 5.41 Å². The predicted molar refractivity (Wildman–Crippen MR) is 268 cm³/mol. The molecule has 63 heavy (non-hydrogen) atoms. The Balaban J connectivity index is 0.986. The van der Waals surface area contributed by atoms with Crippen molar-refractivity contribution in [2.24, 2.45) is 0 Å². The lowest BCUT2D eigenvalue weighted by Crippen LogP contribution is -2.28. The second-order valence-electron chi connectivity index (χ2n) is 16.7. The maximum Gasteiger partial charge on any atom is 0.0713 e. The van der Waals surface area contributed by atoms with Gasteiger partial charge in [-0.05, 0) is 116 Å². The van der Waals surface area contributed by atoms with Gasteiger partial charge >= 0.3 is 0 Å². The molecule has 0 aromatic heterocycles. The summed E-state index contributed by atoms with van der Waals surface area (Å²) in [6.45, 7) is 0. The molecule has 0 unspecified atom stereocenters. The molecular weight excluding hydrogens is 757 g/mol. The van der Waals surface area contributed by atoms with Gasteiger partial charge in [-0.2, -0.15) is 0 Å². The third-order valence-corrected chi connectivity index (χ3v) is 13.4. The first-order valence-electron chi connectivity index (χ1n) is 21.9. The minimum atomic E-state index is -0.467. The SMILES string of the molecule is C(=Cc1ccc(-c2ccccc2)c2ccccc12)c1ccc(-c2c3ccccc3c(-c3ccc4c(c3)C(c3ccccc3)(c3ccccc3)c3ccccc3-4)c3ccccc23)cc1. The van der Waals surface area contributed by atoms with Crippen LogP contribution in [0, 0.1) is 0 Å². The van der Waals surface area contributed by atoms with Gasteiger partial charge in [0.1, 0.15) is 0 Å². The Morgan fingerprint density at radius 3 is 1.35 bits per heavy atom. The summed E-state index contributed by atoms with van der Waals surface area (Å²) in [7, 11) is 0. The van der Waals surface area contributed by atoms with Gasteiger partial charge in [-0.3, -0.25) is 0 Å². The molecular formula is C63H42. The normalized spacial score (nSPS) is 12.8. The van der Waals surface area contributed by atoms with Gasteiger partial charge in [-0.1, -0.05) is 249 Å². The van der Waals surface area contributed by atoms with Gasteiger partial charge in [0.05, 0.1) is 5.41 Å². The Kier molecular flexibility index (Phi) is 8.83. The molecule has 0 heterocycles. The quantitative estimate of drug-likeness (QED) is 0.111.